The minimum absolute atomic E-state index is 0.0100. The highest BCUT2D eigenvalue weighted by Crippen LogP contribution is 2.58. The molecule has 266 valence electrons. The lowest BCUT2D eigenvalue weighted by molar-refractivity contribution is -0.129. The van der Waals surface area contributed by atoms with Crippen LogP contribution in [0.25, 0.3) is 0 Å². The molecule has 14 nitrogen and oxygen atoms in total. The Balaban J connectivity index is 0.000000374. The van der Waals surface area contributed by atoms with Crippen molar-refractivity contribution in [2.45, 2.75) is 87.0 Å². The smallest absolute Gasteiger partial charge is 0.337 e. The van der Waals surface area contributed by atoms with E-state index in [4.69, 9.17) is 0 Å². The third-order valence-electron chi connectivity index (χ3n) is 8.32. The molecule has 3 saturated carbocycles. The molecule has 0 radical (unpaired) electrons. The van der Waals surface area contributed by atoms with Crippen molar-refractivity contribution in [1.29, 1.82) is 0 Å². The molecule has 2 bridgehead atoms. The second-order valence-corrected chi connectivity index (χ2v) is 12.6. The van der Waals surface area contributed by atoms with Crippen LogP contribution in [0.1, 0.15) is 87.0 Å². The molecule has 48 heavy (non-hydrogen) atoms. The van der Waals surface area contributed by atoms with Crippen molar-refractivity contribution >= 4 is 47.8 Å². The number of rotatable bonds is 6. The lowest BCUT2D eigenvalue weighted by Crippen LogP contribution is -2.54. The van der Waals surface area contributed by atoms with E-state index in [0.717, 1.165) is 0 Å². The monoisotopic (exact) mass is 672 g/mol. The van der Waals surface area contributed by atoms with Gasteiger partial charge in [0.25, 0.3) is 17.7 Å². The van der Waals surface area contributed by atoms with Gasteiger partial charge in [0.1, 0.15) is 0 Å². The number of nitrogens with zero attached hydrogens (tertiary/aromatic N) is 2. The van der Waals surface area contributed by atoms with Crippen molar-refractivity contribution in [2.24, 2.45) is 29.6 Å². The second kappa shape index (κ2) is 19.3. The third-order valence-corrected chi connectivity index (χ3v) is 8.32. The number of amides is 12. The number of urea groups is 4. The molecule has 0 aromatic carbocycles. The van der Waals surface area contributed by atoms with Gasteiger partial charge >= 0.3 is 24.1 Å². The average molecular weight is 673 g/mol. The molecule has 4 N–H and O–H groups in total. The van der Waals surface area contributed by atoms with Crippen molar-refractivity contribution in [1.82, 2.24) is 31.1 Å². The molecule has 12 amide bonds. The summed E-state index contributed by atoms with van der Waals surface area (Å²) in [5.74, 6) is 1.14. The molecule has 3 rings (SSSR count). The second-order valence-electron chi connectivity index (χ2n) is 12.6. The van der Waals surface area contributed by atoms with Gasteiger partial charge in [-0.15, -0.1) is 0 Å². The first kappa shape index (κ1) is 41.4. The standard InChI is InChI=1S/C12H19N3O4.C12H17N3O4.C10H16/c2*1-6-13-11(18)15(10(17)8(4)5)12(19)14-9(16)7(2)3;1-2-9-7-4-5-8(6-7)10(9)3-1/h8H,2,6H2,1,3-5H3,(H,13,18)(H,14,16,19);2,4,6H2,1,3,5H3,(H,13,18)(H,14,16,19);7-10H,1-6H2. The van der Waals surface area contributed by atoms with E-state index in [9.17, 15) is 38.4 Å². The van der Waals surface area contributed by atoms with Crippen molar-refractivity contribution in [3.05, 3.63) is 36.5 Å². The van der Waals surface area contributed by atoms with Gasteiger partial charge in [0.05, 0.1) is 0 Å². The fourth-order valence-corrected chi connectivity index (χ4v) is 6.02. The summed E-state index contributed by atoms with van der Waals surface area (Å²) < 4.78 is 0. The Bertz CT molecular complexity index is 1310. The van der Waals surface area contributed by atoms with E-state index in [1.165, 1.54) is 44.4 Å². The molecule has 4 atom stereocenters. The first-order valence-electron chi connectivity index (χ1n) is 16.3. The van der Waals surface area contributed by atoms with Crippen molar-refractivity contribution in [3.63, 3.8) is 0 Å². The van der Waals surface area contributed by atoms with Crippen molar-refractivity contribution in [3.8, 4) is 0 Å². The van der Waals surface area contributed by atoms with Crippen LogP contribution in [-0.4, -0.2) is 70.6 Å². The Labute approximate surface area is 283 Å². The topological polar surface area (TPSA) is 191 Å². The van der Waals surface area contributed by atoms with Gasteiger partial charge < -0.3 is 10.6 Å². The van der Waals surface area contributed by atoms with Gasteiger partial charge in [0, 0.05) is 35.7 Å². The van der Waals surface area contributed by atoms with Crippen LogP contribution in [0.4, 0.5) is 19.2 Å². The summed E-state index contributed by atoms with van der Waals surface area (Å²) in [6.07, 6.45) is 9.53. The van der Waals surface area contributed by atoms with Crippen LogP contribution >= 0.6 is 0 Å². The summed E-state index contributed by atoms with van der Waals surface area (Å²) in [5, 5.41) is 8.43. The number of imide groups is 8. The number of hydrogen-bond acceptors (Lipinski definition) is 8. The van der Waals surface area contributed by atoms with Gasteiger partial charge in [-0.2, -0.15) is 9.80 Å². The Hall–Kier alpha value is -4.62. The number of carbonyl (C=O) groups is 8. The number of carbonyl (C=O) groups excluding carboxylic acids is 8. The van der Waals surface area contributed by atoms with E-state index in [2.05, 4.69) is 30.4 Å². The zero-order valence-electron chi connectivity index (χ0n) is 29.3. The van der Waals surface area contributed by atoms with Crippen LogP contribution in [0.5, 0.6) is 0 Å². The molecular formula is C34H52N6O8. The van der Waals surface area contributed by atoms with E-state index in [1.807, 2.05) is 10.6 Å². The highest BCUT2D eigenvalue weighted by atomic mass is 16.2. The molecule has 3 fully saturated rings. The summed E-state index contributed by atoms with van der Waals surface area (Å²) in [6.45, 7) is 21.0. The van der Waals surface area contributed by atoms with Gasteiger partial charge in [-0.25, -0.2) is 19.2 Å². The van der Waals surface area contributed by atoms with Crippen LogP contribution in [-0.2, 0) is 19.2 Å². The molecule has 0 saturated heterocycles. The zero-order valence-corrected chi connectivity index (χ0v) is 29.3. The van der Waals surface area contributed by atoms with Crippen LogP contribution in [0.15, 0.2) is 36.5 Å². The molecule has 14 heteroatoms. The minimum atomic E-state index is -1.15. The average Bonchev–Trinajstić information content (AvgIpc) is 3.74. The SMILES string of the molecule is C1CC2C3CCC(C3)C2C1.C=C(C)C(=O)NC(=O)N(C(=O)NCC)C(=O)C(=C)C.C=C(C)C(=O)NC(=O)N(C(=O)NCC)C(=O)C(C)C. The number of fused-ring (bicyclic) bond motifs is 5. The van der Waals surface area contributed by atoms with Gasteiger partial charge in [0.2, 0.25) is 5.91 Å². The van der Waals surface area contributed by atoms with E-state index in [0.29, 0.717) is 4.90 Å². The molecule has 0 aromatic heterocycles. The highest BCUT2D eigenvalue weighted by molar-refractivity contribution is 6.18. The predicted octanol–water partition coefficient (Wildman–Crippen LogP) is 4.78. The summed E-state index contributed by atoms with van der Waals surface area (Å²) in [4.78, 5) is 93.7. The molecule has 3 aliphatic rings. The van der Waals surface area contributed by atoms with Crippen LogP contribution in [0.3, 0.4) is 0 Å². The van der Waals surface area contributed by atoms with Gasteiger partial charge in [0.15, 0.2) is 0 Å². The Morgan fingerprint density at radius 2 is 1.02 bits per heavy atom. The molecule has 4 unspecified atom stereocenters. The van der Waals surface area contributed by atoms with Crippen molar-refractivity contribution < 1.29 is 38.4 Å². The fraction of sp³-hybridized carbons (Fsp3) is 0.588. The predicted molar refractivity (Wildman–Crippen MR) is 180 cm³/mol. The van der Waals surface area contributed by atoms with E-state index in [-0.39, 0.29) is 34.7 Å². The lowest BCUT2D eigenvalue weighted by atomic mass is 9.82. The minimum Gasteiger partial charge on any atom is -0.337 e. The lowest BCUT2D eigenvalue weighted by Gasteiger charge is -2.23. The van der Waals surface area contributed by atoms with Gasteiger partial charge in [-0.05, 0) is 90.4 Å². The fourth-order valence-electron chi connectivity index (χ4n) is 6.02. The zero-order chi connectivity index (χ0) is 36.9. The molecule has 0 aromatic rings. The summed E-state index contributed by atoms with van der Waals surface area (Å²) in [6, 6.07) is -4.03. The van der Waals surface area contributed by atoms with E-state index >= 15 is 0 Å². The first-order chi connectivity index (χ1) is 22.4. The van der Waals surface area contributed by atoms with Crippen molar-refractivity contribution in [2.75, 3.05) is 13.1 Å². The number of nitrogens with one attached hydrogen (secondary N) is 4. The Kier molecular flexibility index (Phi) is 16.6. The maximum absolute atomic E-state index is 11.8. The van der Waals surface area contributed by atoms with E-state index in [1.54, 1.807) is 66.2 Å². The highest BCUT2D eigenvalue weighted by Gasteiger charge is 2.48. The molecule has 3 aliphatic carbocycles. The molecule has 0 spiro atoms. The van der Waals surface area contributed by atoms with E-state index < -0.39 is 53.7 Å². The van der Waals surface area contributed by atoms with Gasteiger partial charge in [-0.1, -0.05) is 40.0 Å². The maximum Gasteiger partial charge on any atom is 0.339 e. The largest absolute Gasteiger partial charge is 0.339 e. The molecular weight excluding hydrogens is 620 g/mol. The van der Waals surface area contributed by atoms with Crippen LogP contribution in [0, 0.1) is 29.6 Å². The van der Waals surface area contributed by atoms with Crippen LogP contribution < -0.4 is 21.3 Å². The Morgan fingerprint density at radius 1 is 0.625 bits per heavy atom. The molecule has 0 heterocycles. The normalized spacial score (nSPS) is 19.5. The molecule has 0 aliphatic heterocycles. The Morgan fingerprint density at radius 3 is 1.38 bits per heavy atom. The summed E-state index contributed by atoms with van der Waals surface area (Å²) in [7, 11) is 0. The quantitative estimate of drug-likeness (QED) is 0.290. The summed E-state index contributed by atoms with van der Waals surface area (Å²) >= 11 is 0. The van der Waals surface area contributed by atoms with Crippen LogP contribution in [0.2, 0.25) is 0 Å². The third kappa shape index (κ3) is 11.6. The first-order valence-corrected chi connectivity index (χ1v) is 16.3. The van der Waals surface area contributed by atoms with Gasteiger partial charge in [-0.3, -0.25) is 29.8 Å². The maximum atomic E-state index is 11.8. The summed E-state index contributed by atoms with van der Waals surface area (Å²) in [5.41, 5.74) is 0.164. The number of hydrogen-bond donors (Lipinski definition) is 4.